The summed E-state index contributed by atoms with van der Waals surface area (Å²) in [5.74, 6) is 1.86. The Morgan fingerprint density at radius 2 is 2.10 bits per heavy atom. The van der Waals surface area contributed by atoms with E-state index < -0.39 is 0 Å². The van der Waals surface area contributed by atoms with E-state index in [1.54, 1.807) is 30.4 Å². The molecule has 3 aromatic rings. The van der Waals surface area contributed by atoms with Crippen LogP contribution in [0.15, 0.2) is 48.3 Å². The number of allylic oxidation sites excluding steroid dienone is 3. The minimum atomic E-state index is 0.457. The first kappa shape index (κ1) is 19.1. The Balaban J connectivity index is 1.59. The van der Waals surface area contributed by atoms with Crippen molar-refractivity contribution < 1.29 is 9.47 Å². The molecule has 9 nitrogen and oxygen atoms in total. The fraction of sp³-hybridized carbons (Fsp3) is 0.400. The number of ether oxygens (including phenoxy) is 2. The molecule has 1 unspecified atom stereocenters. The summed E-state index contributed by atoms with van der Waals surface area (Å²) >= 11 is 0. The first-order valence-corrected chi connectivity index (χ1v) is 9.58. The van der Waals surface area contributed by atoms with Crippen LogP contribution >= 0.6 is 0 Å². The second kappa shape index (κ2) is 8.44. The van der Waals surface area contributed by atoms with E-state index in [9.17, 15) is 0 Å². The van der Waals surface area contributed by atoms with Crippen molar-refractivity contribution in [2.75, 3.05) is 25.6 Å². The fourth-order valence-electron chi connectivity index (χ4n) is 3.29. The Morgan fingerprint density at radius 1 is 1.21 bits per heavy atom. The Kier molecular flexibility index (Phi) is 5.57. The maximum atomic E-state index is 5.92. The molecule has 1 aliphatic rings. The summed E-state index contributed by atoms with van der Waals surface area (Å²) in [6.07, 6.45) is 12.3. The molecule has 0 aliphatic heterocycles. The number of aryl methyl sites for hydroxylation is 1. The van der Waals surface area contributed by atoms with Crippen molar-refractivity contribution >= 4 is 22.7 Å². The van der Waals surface area contributed by atoms with Crippen LogP contribution in [0, 0.1) is 5.92 Å². The number of rotatable bonds is 8. The lowest BCUT2D eigenvalue weighted by Gasteiger charge is -2.20. The summed E-state index contributed by atoms with van der Waals surface area (Å²) in [4.78, 5) is 9.04. The van der Waals surface area contributed by atoms with Crippen LogP contribution in [0.4, 0.5) is 11.6 Å². The Morgan fingerprint density at radius 3 is 2.90 bits per heavy atom. The molecular formula is C20H25N7O2. The van der Waals surface area contributed by atoms with E-state index in [0.717, 1.165) is 28.9 Å². The number of nitrogens with one attached hydrogen (secondary N) is 1. The Hall–Kier alpha value is -3.20. The standard InChI is InChI=1S/C20H25N7O2/c1-14-4-5-18(29-7-6-28-3)15(8-14)12-27-19-16(10-23-27)9-21-20(25-19)24-17-11-22-26(2)13-17/h4-5,9-11,13-14H,6-8,12H2,1-3H3,(H,21,24,25). The minimum absolute atomic E-state index is 0.457. The molecular weight excluding hydrogens is 370 g/mol. The van der Waals surface area contributed by atoms with Crippen molar-refractivity contribution in [1.82, 2.24) is 29.5 Å². The summed E-state index contributed by atoms with van der Waals surface area (Å²) in [5, 5.41) is 12.8. The first-order chi connectivity index (χ1) is 14.1. The minimum Gasteiger partial charge on any atom is -0.491 e. The van der Waals surface area contributed by atoms with Gasteiger partial charge < -0.3 is 14.8 Å². The molecule has 0 saturated heterocycles. The van der Waals surface area contributed by atoms with Crippen LogP contribution in [0.1, 0.15) is 13.3 Å². The number of anilines is 2. The van der Waals surface area contributed by atoms with Crippen LogP contribution in [0.25, 0.3) is 11.0 Å². The summed E-state index contributed by atoms with van der Waals surface area (Å²) in [6.45, 7) is 3.89. The summed E-state index contributed by atoms with van der Waals surface area (Å²) < 4.78 is 14.6. The van der Waals surface area contributed by atoms with Gasteiger partial charge in [-0.25, -0.2) is 9.67 Å². The molecule has 0 fully saturated rings. The van der Waals surface area contributed by atoms with E-state index in [4.69, 9.17) is 9.47 Å². The van der Waals surface area contributed by atoms with Gasteiger partial charge in [0.15, 0.2) is 5.65 Å². The molecule has 0 amide bonds. The average Bonchev–Trinajstić information content (AvgIpc) is 3.30. The molecule has 1 atom stereocenters. The highest BCUT2D eigenvalue weighted by Crippen LogP contribution is 2.26. The van der Waals surface area contributed by atoms with Crippen molar-refractivity contribution in [3.63, 3.8) is 0 Å². The maximum absolute atomic E-state index is 5.92. The van der Waals surface area contributed by atoms with Crippen LogP contribution in [-0.4, -0.2) is 49.9 Å². The van der Waals surface area contributed by atoms with E-state index in [1.807, 2.05) is 17.9 Å². The molecule has 0 radical (unpaired) electrons. The van der Waals surface area contributed by atoms with Gasteiger partial charge in [0.1, 0.15) is 12.4 Å². The van der Waals surface area contributed by atoms with Gasteiger partial charge in [-0.2, -0.15) is 15.2 Å². The van der Waals surface area contributed by atoms with Gasteiger partial charge in [-0.15, -0.1) is 0 Å². The molecule has 4 rings (SSSR count). The number of hydrogen-bond donors (Lipinski definition) is 1. The van der Waals surface area contributed by atoms with Gasteiger partial charge in [0.05, 0.1) is 36.6 Å². The summed E-state index contributed by atoms with van der Waals surface area (Å²) in [7, 11) is 3.54. The summed E-state index contributed by atoms with van der Waals surface area (Å²) in [6, 6.07) is 0. The molecule has 9 heteroatoms. The molecule has 3 heterocycles. The normalized spacial score (nSPS) is 16.6. The lowest BCUT2D eigenvalue weighted by Crippen LogP contribution is -2.13. The monoisotopic (exact) mass is 395 g/mol. The largest absolute Gasteiger partial charge is 0.491 e. The third-order valence-corrected chi connectivity index (χ3v) is 4.72. The molecule has 29 heavy (non-hydrogen) atoms. The number of fused-ring (bicyclic) bond motifs is 1. The highest BCUT2D eigenvalue weighted by molar-refractivity contribution is 5.75. The number of methoxy groups -OCH3 is 1. The second-order valence-corrected chi connectivity index (χ2v) is 7.15. The number of aromatic nitrogens is 6. The van der Waals surface area contributed by atoms with E-state index >= 15 is 0 Å². The lowest BCUT2D eigenvalue weighted by molar-refractivity contribution is 0.112. The maximum Gasteiger partial charge on any atom is 0.229 e. The van der Waals surface area contributed by atoms with Gasteiger partial charge in [0.25, 0.3) is 0 Å². The molecule has 0 aromatic carbocycles. The lowest BCUT2D eigenvalue weighted by atomic mass is 9.94. The van der Waals surface area contributed by atoms with E-state index in [2.05, 4.69) is 44.6 Å². The van der Waals surface area contributed by atoms with Gasteiger partial charge in [0, 0.05) is 26.6 Å². The third kappa shape index (κ3) is 4.45. The van der Waals surface area contributed by atoms with E-state index in [-0.39, 0.29) is 0 Å². The van der Waals surface area contributed by atoms with Crippen molar-refractivity contribution in [1.29, 1.82) is 0 Å². The van der Waals surface area contributed by atoms with Crippen LogP contribution in [-0.2, 0) is 23.1 Å². The topological polar surface area (TPSA) is 91.9 Å². The van der Waals surface area contributed by atoms with Crippen molar-refractivity contribution in [2.45, 2.75) is 19.9 Å². The van der Waals surface area contributed by atoms with Gasteiger partial charge in [-0.1, -0.05) is 13.0 Å². The third-order valence-electron chi connectivity index (χ3n) is 4.72. The van der Waals surface area contributed by atoms with E-state index in [0.29, 0.717) is 31.6 Å². The van der Waals surface area contributed by atoms with Crippen molar-refractivity contribution in [2.24, 2.45) is 13.0 Å². The zero-order chi connectivity index (χ0) is 20.2. The van der Waals surface area contributed by atoms with Gasteiger partial charge in [-0.05, 0) is 24.0 Å². The van der Waals surface area contributed by atoms with Crippen LogP contribution in [0.3, 0.4) is 0 Å². The quantitative estimate of drug-likeness (QED) is 0.586. The molecule has 0 bridgehead atoms. The van der Waals surface area contributed by atoms with Crippen LogP contribution in [0.5, 0.6) is 0 Å². The van der Waals surface area contributed by atoms with Crippen molar-refractivity contribution in [3.8, 4) is 0 Å². The first-order valence-electron chi connectivity index (χ1n) is 9.58. The van der Waals surface area contributed by atoms with Crippen LogP contribution < -0.4 is 5.32 Å². The Bertz CT molecular complexity index is 1050. The van der Waals surface area contributed by atoms with Gasteiger partial charge in [-0.3, -0.25) is 4.68 Å². The molecule has 1 N–H and O–H groups in total. The molecule has 152 valence electrons. The zero-order valence-corrected chi connectivity index (χ0v) is 16.9. The zero-order valence-electron chi connectivity index (χ0n) is 16.9. The summed E-state index contributed by atoms with van der Waals surface area (Å²) in [5.41, 5.74) is 2.81. The highest BCUT2D eigenvalue weighted by Gasteiger charge is 2.17. The van der Waals surface area contributed by atoms with Crippen molar-refractivity contribution in [3.05, 3.63) is 48.3 Å². The molecule has 0 spiro atoms. The second-order valence-electron chi connectivity index (χ2n) is 7.15. The van der Waals surface area contributed by atoms with Gasteiger partial charge >= 0.3 is 0 Å². The SMILES string of the molecule is COCCOC1=C(Cn2ncc3cnc(Nc4cnn(C)c4)nc32)CC(C)C=C1. The molecule has 1 aliphatic carbocycles. The Labute approximate surface area is 169 Å². The number of hydrogen-bond acceptors (Lipinski definition) is 7. The van der Waals surface area contributed by atoms with E-state index in [1.165, 1.54) is 5.57 Å². The highest BCUT2D eigenvalue weighted by atomic mass is 16.5. The fourth-order valence-corrected chi connectivity index (χ4v) is 3.29. The molecule has 0 saturated carbocycles. The predicted molar refractivity (Wildman–Crippen MR) is 110 cm³/mol. The number of nitrogens with zero attached hydrogens (tertiary/aromatic N) is 6. The van der Waals surface area contributed by atoms with Crippen LogP contribution in [0.2, 0.25) is 0 Å². The molecule has 3 aromatic heterocycles. The smallest absolute Gasteiger partial charge is 0.229 e. The predicted octanol–water partition coefficient (Wildman–Crippen LogP) is 2.82. The van der Waals surface area contributed by atoms with Gasteiger partial charge in [0.2, 0.25) is 5.95 Å². The average molecular weight is 395 g/mol.